The minimum Gasteiger partial charge on any atom is -0.469 e. The Morgan fingerprint density at radius 3 is 3.10 bits per heavy atom. The second-order valence-corrected chi connectivity index (χ2v) is 4.95. The lowest BCUT2D eigenvalue weighted by molar-refractivity contribution is -0.140. The Labute approximate surface area is 119 Å². The molecule has 1 aliphatic heterocycles. The van der Waals surface area contributed by atoms with Crippen LogP contribution in [0.1, 0.15) is 37.5 Å². The van der Waals surface area contributed by atoms with Gasteiger partial charge in [-0.05, 0) is 20.4 Å². The molecule has 112 valence electrons. The Bertz CT molecular complexity index is 444. The van der Waals surface area contributed by atoms with E-state index >= 15 is 0 Å². The van der Waals surface area contributed by atoms with Crippen molar-refractivity contribution in [1.29, 1.82) is 0 Å². The fourth-order valence-electron chi connectivity index (χ4n) is 2.55. The number of carbonyl (C=O) groups is 1. The van der Waals surface area contributed by atoms with Crippen LogP contribution >= 0.6 is 0 Å². The first kappa shape index (κ1) is 15.0. The Balaban J connectivity index is 2.01. The molecule has 1 fully saturated rings. The van der Waals surface area contributed by atoms with Gasteiger partial charge in [0.2, 0.25) is 5.89 Å². The lowest BCUT2D eigenvalue weighted by Gasteiger charge is -2.21. The van der Waals surface area contributed by atoms with Crippen LogP contribution in [0.4, 0.5) is 0 Å². The topological polar surface area (TPSA) is 64.8 Å². The van der Waals surface area contributed by atoms with Crippen molar-refractivity contribution in [3.05, 3.63) is 17.8 Å². The van der Waals surface area contributed by atoms with Crippen molar-refractivity contribution < 1.29 is 18.7 Å². The zero-order chi connectivity index (χ0) is 14.5. The quantitative estimate of drug-likeness (QED) is 0.738. The Morgan fingerprint density at radius 2 is 2.40 bits per heavy atom. The molecule has 20 heavy (non-hydrogen) atoms. The van der Waals surface area contributed by atoms with Gasteiger partial charge in [0.05, 0.1) is 25.8 Å². The average molecular weight is 282 g/mol. The standard InChI is InChI=1S/C14H22N2O4/c1-4-19-11-7-8-16(2)13(11)14-15-9-10(20-14)5-6-12(17)18-3/h9,11,13H,4-8H2,1-3H3/t11-,13-/m0/s1. The maximum absolute atomic E-state index is 11.1. The summed E-state index contributed by atoms with van der Waals surface area (Å²) in [5, 5.41) is 0. The Hall–Kier alpha value is -1.40. The van der Waals surface area contributed by atoms with E-state index in [2.05, 4.69) is 14.6 Å². The molecule has 0 spiro atoms. The highest BCUT2D eigenvalue weighted by atomic mass is 16.5. The summed E-state index contributed by atoms with van der Waals surface area (Å²) in [6, 6.07) is 0.0572. The number of esters is 1. The van der Waals surface area contributed by atoms with Crippen molar-refractivity contribution in [2.45, 2.75) is 38.3 Å². The maximum atomic E-state index is 11.1. The van der Waals surface area contributed by atoms with Gasteiger partial charge in [0.1, 0.15) is 11.8 Å². The molecule has 2 rings (SSSR count). The normalized spacial score (nSPS) is 23.1. The third-order valence-electron chi connectivity index (χ3n) is 3.60. The molecule has 6 heteroatoms. The highest BCUT2D eigenvalue weighted by Crippen LogP contribution is 2.32. The molecule has 0 aromatic carbocycles. The molecule has 2 heterocycles. The number of ether oxygens (including phenoxy) is 2. The first-order valence-corrected chi connectivity index (χ1v) is 6.99. The number of aryl methyl sites for hydroxylation is 1. The lowest BCUT2D eigenvalue weighted by Crippen LogP contribution is -2.25. The van der Waals surface area contributed by atoms with E-state index in [9.17, 15) is 4.79 Å². The number of rotatable bonds is 6. The fourth-order valence-corrected chi connectivity index (χ4v) is 2.55. The summed E-state index contributed by atoms with van der Waals surface area (Å²) in [7, 11) is 3.43. The van der Waals surface area contributed by atoms with Gasteiger partial charge < -0.3 is 13.9 Å². The van der Waals surface area contributed by atoms with Crippen LogP contribution in [-0.4, -0.2) is 49.3 Å². The first-order valence-electron chi connectivity index (χ1n) is 6.99. The van der Waals surface area contributed by atoms with E-state index in [1.807, 2.05) is 14.0 Å². The molecule has 2 atom stereocenters. The van der Waals surface area contributed by atoms with Crippen LogP contribution in [0.2, 0.25) is 0 Å². The highest BCUT2D eigenvalue weighted by molar-refractivity contribution is 5.69. The summed E-state index contributed by atoms with van der Waals surface area (Å²) in [4.78, 5) is 17.7. The van der Waals surface area contributed by atoms with Crippen LogP contribution < -0.4 is 0 Å². The molecule has 0 saturated carbocycles. The second-order valence-electron chi connectivity index (χ2n) is 4.95. The van der Waals surface area contributed by atoms with Crippen LogP contribution in [-0.2, 0) is 20.7 Å². The molecule has 0 bridgehead atoms. The molecule has 0 radical (unpaired) electrons. The first-order chi connectivity index (χ1) is 9.65. The van der Waals surface area contributed by atoms with Gasteiger partial charge in [-0.25, -0.2) is 4.98 Å². The number of oxazole rings is 1. The van der Waals surface area contributed by atoms with Crippen LogP contribution in [0.3, 0.4) is 0 Å². The average Bonchev–Trinajstić information content (AvgIpc) is 3.03. The minimum absolute atomic E-state index is 0.0572. The van der Waals surface area contributed by atoms with Crippen LogP contribution in [0, 0.1) is 0 Å². The van der Waals surface area contributed by atoms with Crippen molar-refractivity contribution in [1.82, 2.24) is 9.88 Å². The van der Waals surface area contributed by atoms with Crippen molar-refractivity contribution in [3.63, 3.8) is 0 Å². The minimum atomic E-state index is -0.242. The van der Waals surface area contributed by atoms with E-state index in [4.69, 9.17) is 9.15 Å². The fraction of sp³-hybridized carbons (Fsp3) is 0.714. The number of carbonyl (C=O) groups excluding carboxylic acids is 1. The number of nitrogens with zero attached hydrogens (tertiary/aromatic N) is 2. The van der Waals surface area contributed by atoms with Gasteiger partial charge in [0.15, 0.2) is 0 Å². The zero-order valence-corrected chi connectivity index (χ0v) is 12.3. The third kappa shape index (κ3) is 3.37. The Morgan fingerprint density at radius 1 is 1.60 bits per heavy atom. The zero-order valence-electron chi connectivity index (χ0n) is 12.3. The van der Waals surface area contributed by atoms with Crippen LogP contribution in [0.15, 0.2) is 10.6 Å². The smallest absolute Gasteiger partial charge is 0.305 e. The SMILES string of the molecule is CCO[C@H]1CCN(C)[C@@H]1c1ncc(CCC(=O)OC)o1. The van der Waals surface area contributed by atoms with Gasteiger partial charge in [-0.2, -0.15) is 0 Å². The number of likely N-dealkylation sites (N-methyl/N-ethyl adjacent to an activating group) is 1. The summed E-state index contributed by atoms with van der Waals surface area (Å²) in [5.74, 6) is 1.14. The molecule has 1 saturated heterocycles. The van der Waals surface area contributed by atoms with Gasteiger partial charge in [-0.1, -0.05) is 0 Å². The molecular weight excluding hydrogens is 260 g/mol. The van der Waals surface area contributed by atoms with Gasteiger partial charge in [-0.15, -0.1) is 0 Å². The summed E-state index contributed by atoms with van der Waals surface area (Å²) in [6.07, 6.45) is 3.61. The van der Waals surface area contributed by atoms with Crippen LogP contribution in [0.25, 0.3) is 0 Å². The number of hydrogen-bond acceptors (Lipinski definition) is 6. The molecule has 0 N–H and O–H groups in total. The van der Waals surface area contributed by atoms with E-state index in [-0.39, 0.29) is 18.1 Å². The van der Waals surface area contributed by atoms with Gasteiger partial charge in [0.25, 0.3) is 0 Å². The maximum Gasteiger partial charge on any atom is 0.305 e. The molecule has 1 aliphatic rings. The predicted octanol–water partition coefficient (Wildman–Crippen LogP) is 1.56. The molecule has 6 nitrogen and oxygen atoms in total. The van der Waals surface area contributed by atoms with E-state index in [1.165, 1.54) is 7.11 Å². The number of aromatic nitrogens is 1. The van der Waals surface area contributed by atoms with E-state index < -0.39 is 0 Å². The number of methoxy groups -OCH3 is 1. The second kappa shape index (κ2) is 6.85. The largest absolute Gasteiger partial charge is 0.469 e. The van der Waals surface area contributed by atoms with E-state index in [0.29, 0.717) is 31.1 Å². The Kier molecular flexibility index (Phi) is 5.14. The number of likely N-dealkylation sites (tertiary alicyclic amines) is 1. The van der Waals surface area contributed by atoms with Crippen molar-refractivity contribution >= 4 is 5.97 Å². The monoisotopic (exact) mass is 282 g/mol. The molecular formula is C14H22N2O4. The van der Waals surface area contributed by atoms with E-state index in [1.54, 1.807) is 6.20 Å². The lowest BCUT2D eigenvalue weighted by atomic mass is 10.1. The summed E-state index contributed by atoms with van der Waals surface area (Å²) in [5.41, 5.74) is 0. The highest BCUT2D eigenvalue weighted by Gasteiger charge is 2.36. The summed E-state index contributed by atoms with van der Waals surface area (Å²) in [6.45, 7) is 3.65. The predicted molar refractivity (Wildman–Crippen MR) is 72.2 cm³/mol. The molecule has 1 aromatic rings. The summed E-state index contributed by atoms with van der Waals surface area (Å²) >= 11 is 0. The van der Waals surface area contributed by atoms with E-state index in [0.717, 1.165) is 13.0 Å². The molecule has 0 unspecified atom stereocenters. The van der Waals surface area contributed by atoms with Crippen molar-refractivity contribution in [2.24, 2.45) is 0 Å². The van der Waals surface area contributed by atoms with Crippen molar-refractivity contribution in [2.75, 3.05) is 27.3 Å². The number of hydrogen-bond donors (Lipinski definition) is 0. The molecule has 0 aliphatic carbocycles. The van der Waals surface area contributed by atoms with Crippen LogP contribution in [0.5, 0.6) is 0 Å². The molecule has 1 aromatic heterocycles. The van der Waals surface area contributed by atoms with Gasteiger partial charge >= 0.3 is 5.97 Å². The third-order valence-corrected chi connectivity index (χ3v) is 3.60. The summed E-state index contributed by atoms with van der Waals surface area (Å²) < 4.78 is 16.1. The van der Waals surface area contributed by atoms with Crippen molar-refractivity contribution in [3.8, 4) is 0 Å². The molecule has 0 amide bonds. The van der Waals surface area contributed by atoms with Gasteiger partial charge in [-0.3, -0.25) is 9.69 Å². The van der Waals surface area contributed by atoms with Gasteiger partial charge in [0, 0.05) is 19.6 Å².